The number of nitrogens with zero attached hydrogens (tertiary/aromatic N) is 1. The molecular weight excluding hydrogens is 342 g/mol. The van der Waals surface area contributed by atoms with Crippen LogP contribution in [-0.4, -0.2) is 32.2 Å². The Hall–Kier alpha value is -2.61. The lowest BCUT2D eigenvalue weighted by Crippen LogP contribution is -2.34. The number of aromatic nitrogens is 1. The van der Waals surface area contributed by atoms with E-state index >= 15 is 0 Å². The van der Waals surface area contributed by atoms with Crippen LogP contribution in [0.25, 0.3) is 0 Å². The van der Waals surface area contributed by atoms with E-state index in [-0.39, 0.29) is 11.7 Å². The van der Waals surface area contributed by atoms with Crippen LogP contribution in [0.2, 0.25) is 0 Å². The molecule has 134 valence electrons. The zero-order chi connectivity index (χ0) is 18.3. The van der Waals surface area contributed by atoms with E-state index in [1.54, 1.807) is 55.7 Å². The van der Waals surface area contributed by atoms with Gasteiger partial charge in [-0.05, 0) is 29.8 Å². The summed E-state index contributed by atoms with van der Waals surface area (Å²) >= 11 is 0. The molecule has 0 aliphatic heterocycles. The minimum atomic E-state index is -3.66. The number of ether oxygens (including phenoxy) is 1. The number of anilines is 1. The number of hydrogen-bond donors (Lipinski definition) is 2. The standard InChI is InChI=1S/C17H21N3O4S/c1-13(17(21)19-11-14-6-8-18-9-7-14)12-25(22,23)20-15-4-3-5-16(10-15)24-2/h3-10,13,20H,11-12H2,1-2H3,(H,19,21). The highest BCUT2D eigenvalue weighted by Crippen LogP contribution is 2.18. The monoisotopic (exact) mass is 363 g/mol. The van der Waals surface area contributed by atoms with Crippen molar-refractivity contribution >= 4 is 21.6 Å². The zero-order valence-electron chi connectivity index (χ0n) is 14.1. The number of pyridine rings is 1. The molecule has 0 bridgehead atoms. The molecule has 8 heteroatoms. The summed E-state index contributed by atoms with van der Waals surface area (Å²) in [4.78, 5) is 16.0. The number of carbonyl (C=O) groups excluding carboxylic acids is 1. The number of benzene rings is 1. The number of rotatable bonds is 8. The van der Waals surface area contributed by atoms with Gasteiger partial charge in [0, 0.05) is 25.0 Å². The summed E-state index contributed by atoms with van der Waals surface area (Å²) in [6.07, 6.45) is 3.26. The van der Waals surface area contributed by atoms with Crippen molar-refractivity contribution in [1.29, 1.82) is 0 Å². The molecule has 1 atom stereocenters. The molecule has 2 rings (SSSR count). The van der Waals surface area contributed by atoms with E-state index in [2.05, 4.69) is 15.0 Å². The van der Waals surface area contributed by atoms with Crippen LogP contribution in [0.4, 0.5) is 5.69 Å². The van der Waals surface area contributed by atoms with Crippen molar-refractivity contribution in [1.82, 2.24) is 10.3 Å². The molecular formula is C17H21N3O4S. The first-order chi connectivity index (χ1) is 11.9. The molecule has 0 fully saturated rings. The molecule has 0 spiro atoms. The van der Waals surface area contributed by atoms with Gasteiger partial charge in [-0.15, -0.1) is 0 Å². The Bertz CT molecular complexity index is 810. The lowest BCUT2D eigenvalue weighted by atomic mass is 10.2. The van der Waals surface area contributed by atoms with Crippen molar-refractivity contribution in [2.45, 2.75) is 13.5 Å². The van der Waals surface area contributed by atoms with Gasteiger partial charge in [0.2, 0.25) is 15.9 Å². The second-order valence-electron chi connectivity index (χ2n) is 5.59. The maximum absolute atomic E-state index is 12.2. The van der Waals surface area contributed by atoms with Crippen molar-refractivity contribution in [3.8, 4) is 5.75 Å². The molecule has 0 saturated heterocycles. The molecule has 0 saturated carbocycles. The Morgan fingerprint density at radius 3 is 2.64 bits per heavy atom. The number of nitrogens with one attached hydrogen (secondary N) is 2. The van der Waals surface area contributed by atoms with Crippen LogP contribution < -0.4 is 14.8 Å². The second-order valence-corrected chi connectivity index (χ2v) is 7.36. The molecule has 0 radical (unpaired) electrons. The van der Waals surface area contributed by atoms with E-state index in [1.807, 2.05) is 0 Å². The molecule has 2 aromatic rings. The summed E-state index contributed by atoms with van der Waals surface area (Å²) in [5, 5.41) is 2.72. The van der Waals surface area contributed by atoms with E-state index in [4.69, 9.17) is 4.74 Å². The van der Waals surface area contributed by atoms with Gasteiger partial charge in [0.25, 0.3) is 0 Å². The molecule has 0 aliphatic carbocycles. The van der Waals surface area contributed by atoms with Crippen LogP contribution >= 0.6 is 0 Å². The van der Waals surface area contributed by atoms with Crippen LogP contribution in [0.3, 0.4) is 0 Å². The first-order valence-corrected chi connectivity index (χ1v) is 9.36. The van der Waals surface area contributed by atoms with Crippen LogP contribution in [-0.2, 0) is 21.4 Å². The molecule has 2 N–H and O–H groups in total. The Morgan fingerprint density at radius 2 is 1.96 bits per heavy atom. The fourth-order valence-corrected chi connectivity index (χ4v) is 3.56. The third-order valence-corrected chi connectivity index (χ3v) is 4.96. The number of amides is 1. The van der Waals surface area contributed by atoms with Crippen molar-refractivity contribution in [3.05, 3.63) is 54.4 Å². The third kappa shape index (κ3) is 6.07. The average molecular weight is 363 g/mol. The highest BCUT2D eigenvalue weighted by atomic mass is 32.2. The second kappa shape index (κ2) is 8.48. The van der Waals surface area contributed by atoms with Gasteiger partial charge in [0.05, 0.1) is 24.5 Å². The Balaban J connectivity index is 1.90. The minimum Gasteiger partial charge on any atom is -0.497 e. The quantitative estimate of drug-likeness (QED) is 0.745. The maximum Gasteiger partial charge on any atom is 0.233 e. The molecule has 1 amide bonds. The van der Waals surface area contributed by atoms with Gasteiger partial charge in [0.15, 0.2) is 0 Å². The normalized spacial score (nSPS) is 12.2. The third-order valence-electron chi connectivity index (χ3n) is 3.48. The molecule has 1 unspecified atom stereocenters. The van der Waals surface area contributed by atoms with Crippen molar-refractivity contribution in [2.75, 3.05) is 17.6 Å². The van der Waals surface area contributed by atoms with E-state index in [0.717, 1.165) is 5.56 Å². The van der Waals surface area contributed by atoms with Gasteiger partial charge in [-0.25, -0.2) is 8.42 Å². The van der Waals surface area contributed by atoms with Crippen LogP contribution in [0.15, 0.2) is 48.8 Å². The molecule has 1 aromatic heterocycles. The van der Waals surface area contributed by atoms with Crippen LogP contribution in [0, 0.1) is 5.92 Å². The number of hydrogen-bond acceptors (Lipinski definition) is 5. The summed E-state index contributed by atoms with van der Waals surface area (Å²) in [7, 11) is -2.16. The molecule has 0 aliphatic rings. The largest absolute Gasteiger partial charge is 0.497 e. The van der Waals surface area contributed by atoms with E-state index in [9.17, 15) is 13.2 Å². The van der Waals surface area contributed by atoms with Gasteiger partial charge in [0.1, 0.15) is 5.75 Å². The van der Waals surface area contributed by atoms with E-state index < -0.39 is 15.9 Å². The fraction of sp³-hybridized carbons (Fsp3) is 0.294. The predicted molar refractivity (Wildman–Crippen MR) is 95.7 cm³/mol. The van der Waals surface area contributed by atoms with Crippen molar-refractivity contribution in [3.63, 3.8) is 0 Å². The molecule has 1 heterocycles. The SMILES string of the molecule is COc1cccc(NS(=O)(=O)CC(C)C(=O)NCc2ccncc2)c1. The zero-order valence-corrected chi connectivity index (χ0v) is 14.9. The number of sulfonamides is 1. The van der Waals surface area contributed by atoms with Gasteiger partial charge in [-0.3, -0.25) is 14.5 Å². The van der Waals surface area contributed by atoms with Crippen LogP contribution in [0.1, 0.15) is 12.5 Å². The summed E-state index contributed by atoms with van der Waals surface area (Å²) < 4.78 is 32.0. The number of carbonyl (C=O) groups is 1. The van der Waals surface area contributed by atoms with Gasteiger partial charge < -0.3 is 10.1 Å². The lowest BCUT2D eigenvalue weighted by Gasteiger charge is -2.14. The lowest BCUT2D eigenvalue weighted by molar-refractivity contribution is -0.124. The van der Waals surface area contributed by atoms with Crippen molar-refractivity contribution in [2.24, 2.45) is 5.92 Å². The Kier molecular flexibility index (Phi) is 6.35. The first kappa shape index (κ1) is 18.7. The highest BCUT2D eigenvalue weighted by Gasteiger charge is 2.21. The van der Waals surface area contributed by atoms with E-state index in [0.29, 0.717) is 18.0 Å². The Morgan fingerprint density at radius 1 is 1.24 bits per heavy atom. The summed E-state index contributed by atoms with van der Waals surface area (Å²) in [6.45, 7) is 1.90. The van der Waals surface area contributed by atoms with Crippen molar-refractivity contribution < 1.29 is 17.9 Å². The van der Waals surface area contributed by atoms with Crippen LogP contribution in [0.5, 0.6) is 5.75 Å². The molecule has 7 nitrogen and oxygen atoms in total. The fourth-order valence-electron chi connectivity index (χ4n) is 2.18. The maximum atomic E-state index is 12.2. The number of methoxy groups -OCH3 is 1. The summed E-state index contributed by atoms with van der Waals surface area (Å²) in [5.41, 5.74) is 1.29. The predicted octanol–water partition coefficient (Wildman–Crippen LogP) is 1.78. The first-order valence-electron chi connectivity index (χ1n) is 7.71. The molecule has 1 aromatic carbocycles. The smallest absolute Gasteiger partial charge is 0.233 e. The van der Waals surface area contributed by atoms with Gasteiger partial charge in [-0.2, -0.15) is 0 Å². The van der Waals surface area contributed by atoms with Gasteiger partial charge in [-0.1, -0.05) is 13.0 Å². The summed E-state index contributed by atoms with van der Waals surface area (Å²) in [6, 6.07) is 10.2. The minimum absolute atomic E-state index is 0.313. The summed E-state index contributed by atoms with van der Waals surface area (Å²) in [5.74, 6) is -0.784. The van der Waals surface area contributed by atoms with E-state index in [1.165, 1.54) is 7.11 Å². The average Bonchev–Trinajstić information content (AvgIpc) is 2.59. The topological polar surface area (TPSA) is 97.4 Å². The molecule has 25 heavy (non-hydrogen) atoms. The highest BCUT2D eigenvalue weighted by molar-refractivity contribution is 7.92. The van der Waals surface area contributed by atoms with Gasteiger partial charge >= 0.3 is 0 Å². The Labute approximate surface area is 147 Å².